The van der Waals surface area contributed by atoms with E-state index < -0.39 is 23.0 Å². The van der Waals surface area contributed by atoms with Crippen molar-refractivity contribution in [1.29, 1.82) is 0 Å². The van der Waals surface area contributed by atoms with E-state index in [4.69, 9.17) is 16.3 Å². The molecule has 0 aromatic heterocycles. The Bertz CT molecular complexity index is 373. The van der Waals surface area contributed by atoms with Crippen molar-refractivity contribution in [3.8, 4) is 0 Å². The van der Waals surface area contributed by atoms with E-state index in [0.29, 0.717) is 12.0 Å². The summed E-state index contributed by atoms with van der Waals surface area (Å²) in [4.78, 5) is 22.9. The van der Waals surface area contributed by atoms with Crippen LogP contribution in [0, 0.1) is 0 Å². The summed E-state index contributed by atoms with van der Waals surface area (Å²) in [6, 6.07) is -0.351. The predicted octanol–water partition coefficient (Wildman–Crippen LogP) is 1.99. The highest BCUT2D eigenvalue weighted by atomic mass is 35.5. The first-order valence-corrected chi connectivity index (χ1v) is 6.09. The lowest BCUT2D eigenvalue weighted by Crippen LogP contribution is -2.41. The third kappa shape index (κ3) is 4.22. The van der Waals surface area contributed by atoms with E-state index in [0.717, 1.165) is 0 Å². The Morgan fingerprint density at radius 1 is 1.44 bits per heavy atom. The van der Waals surface area contributed by atoms with E-state index in [1.807, 2.05) is 0 Å². The van der Waals surface area contributed by atoms with Gasteiger partial charge in [-0.15, -0.1) is 11.6 Å². The summed E-state index contributed by atoms with van der Waals surface area (Å²) in [7, 11) is 1.31. The number of alkyl halides is 1. The molecule has 1 aliphatic carbocycles. The van der Waals surface area contributed by atoms with Crippen LogP contribution >= 0.6 is 11.6 Å². The Morgan fingerprint density at radius 3 is 2.56 bits per heavy atom. The van der Waals surface area contributed by atoms with Crippen LogP contribution in [-0.4, -0.2) is 36.2 Å². The van der Waals surface area contributed by atoms with Gasteiger partial charge < -0.3 is 14.8 Å². The van der Waals surface area contributed by atoms with Gasteiger partial charge in [0.15, 0.2) is 0 Å². The molecule has 1 amide bonds. The number of hydrogen-bond acceptors (Lipinski definition) is 4. The second-order valence-corrected chi connectivity index (χ2v) is 5.59. The maximum absolute atomic E-state index is 11.6. The number of halogens is 1. The molecule has 1 aliphatic rings. The summed E-state index contributed by atoms with van der Waals surface area (Å²) in [5.41, 5.74) is -0.0955. The first-order valence-electron chi connectivity index (χ1n) is 5.65. The summed E-state index contributed by atoms with van der Waals surface area (Å²) >= 11 is 6.03. The molecule has 0 heterocycles. The average Bonchev–Trinajstić information content (AvgIpc) is 2.56. The molecule has 0 spiro atoms. The fourth-order valence-corrected chi connectivity index (χ4v) is 1.90. The lowest BCUT2D eigenvalue weighted by molar-refractivity contribution is -0.136. The Labute approximate surface area is 111 Å². The van der Waals surface area contributed by atoms with Crippen molar-refractivity contribution < 1.29 is 19.1 Å². The van der Waals surface area contributed by atoms with Crippen LogP contribution in [0.15, 0.2) is 11.6 Å². The monoisotopic (exact) mass is 275 g/mol. The Balaban J connectivity index is 2.52. The molecular formula is C12H18ClNO4. The number of alkyl carbamates (subject to hydrolysis) is 1. The molecule has 0 aromatic rings. The highest BCUT2D eigenvalue weighted by Gasteiger charge is 2.32. The standard InChI is InChI=1S/C12H18ClNO4/c1-12(2,3)18-11(16)14-9-6-7(5-8(9)13)10(15)17-4/h5,8-9H,6H2,1-4H3,(H,14,16)/t8-,9+/m1/s1. The normalized spacial score (nSPS) is 23.3. The molecule has 0 fully saturated rings. The fraction of sp³-hybridized carbons (Fsp3) is 0.667. The Kier molecular flexibility index (Phi) is 4.62. The zero-order valence-electron chi connectivity index (χ0n) is 11.0. The van der Waals surface area contributed by atoms with Gasteiger partial charge in [-0.1, -0.05) is 6.08 Å². The van der Waals surface area contributed by atoms with Gasteiger partial charge in [-0.3, -0.25) is 0 Å². The second kappa shape index (κ2) is 5.61. The van der Waals surface area contributed by atoms with Gasteiger partial charge in [0.25, 0.3) is 0 Å². The lowest BCUT2D eigenvalue weighted by Gasteiger charge is -2.22. The molecule has 18 heavy (non-hydrogen) atoms. The van der Waals surface area contributed by atoms with Gasteiger partial charge in [-0.2, -0.15) is 0 Å². The van der Waals surface area contributed by atoms with E-state index >= 15 is 0 Å². The SMILES string of the molecule is COC(=O)C1=C[C@@H](Cl)[C@@H](NC(=O)OC(C)(C)C)C1. The van der Waals surface area contributed by atoms with Crippen molar-refractivity contribution in [1.82, 2.24) is 5.32 Å². The minimum atomic E-state index is -0.566. The maximum Gasteiger partial charge on any atom is 0.407 e. The zero-order chi connectivity index (χ0) is 13.9. The minimum absolute atomic E-state index is 0.347. The largest absolute Gasteiger partial charge is 0.466 e. The third-order valence-electron chi connectivity index (χ3n) is 2.33. The van der Waals surface area contributed by atoms with E-state index in [1.165, 1.54) is 7.11 Å². The van der Waals surface area contributed by atoms with Crippen LogP contribution in [-0.2, 0) is 14.3 Å². The molecule has 102 valence electrons. The van der Waals surface area contributed by atoms with E-state index in [-0.39, 0.29) is 6.04 Å². The second-order valence-electron chi connectivity index (χ2n) is 5.08. The number of carbonyl (C=O) groups is 2. The van der Waals surface area contributed by atoms with Crippen molar-refractivity contribution in [2.75, 3.05) is 7.11 Å². The van der Waals surface area contributed by atoms with Crippen LogP contribution in [0.25, 0.3) is 0 Å². The highest BCUT2D eigenvalue weighted by molar-refractivity contribution is 6.23. The van der Waals surface area contributed by atoms with E-state index in [2.05, 4.69) is 10.1 Å². The number of ether oxygens (including phenoxy) is 2. The molecule has 1 rings (SSSR count). The Morgan fingerprint density at radius 2 is 2.06 bits per heavy atom. The molecule has 0 radical (unpaired) electrons. The summed E-state index contributed by atoms with van der Waals surface area (Å²) < 4.78 is 9.73. The lowest BCUT2D eigenvalue weighted by atomic mass is 10.2. The highest BCUT2D eigenvalue weighted by Crippen LogP contribution is 2.24. The van der Waals surface area contributed by atoms with Gasteiger partial charge in [0.1, 0.15) is 5.60 Å². The number of methoxy groups -OCH3 is 1. The molecule has 0 bridgehead atoms. The van der Waals surface area contributed by atoms with Crippen LogP contribution in [0.2, 0.25) is 0 Å². The molecule has 1 N–H and O–H groups in total. The van der Waals surface area contributed by atoms with Gasteiger partial charge in [0.2, 0.25) is 0 Å². The van der Waals surface area contributed by atoms with Crippen LogP contribution in [0.5, 0.6) is 0 Å². The van der Waals surface area contributed by atoms with Gasteiger partial charge in [0, 0.05) is 12.0 Å². The fourth-order valence-electron chi connectivity index (χ4n) is 1.60. The number of hydrogen-bond donors (Lipinski definition) is 1. The van der Waals surface area contributed by atoms with Crippen molar-refractivity contribution in [3.05, 3.63) is 11.6 Å². The molecule has 5 nitrogen and oxygen atoms in total. The van der Waals surface area contributed by atoms with Crippen LogP contribution in [0.1, 0.15) is 27.2 Å². The minimum Gasteiger partial charge on any atom is -0.466 e. The molecule has 0 aromatic carbocycles. The van der Waals surface area contributed by atoms with Gasteiger partial charge in [-0.05, 0) is 20.8 Å². The van der Waals surface area contributed by atoms with Gasteiger partial charge in [0.05, 0.1) is 18.5 Å². The summed E-state index contributed by atoms with van der Waals surface area (Å²) in [5.74, 6) is -0.422. The number of carbonyl (C=O) groups excluding carboxylic acids is 2. The van der Waals surface area contributed by atoms with Crippen molar-refractivity contribution in [2.45, 2.75) is 44.2 Å². The van der Waals surface area contributed by atoms with Crippen LogP contribution in [0.3, 0.4) is 0 Å². The Hall–Kier alpha value is -1.23. The average molecular weight is 276 g/mol. The quantitative estimate of drug-likeness (QED) is 0.618. The molecule has 2 atom stereocenters. The molecule has 0 unspecified atom stereocenters. The zero-order valence-corrected chi connectivity index (χ0v) is 11.7. The smallest absolute Gasteiger partial charge is 0.407 e. The van der Waals surface area contributed by atoms with Crippen molar-refractivity contribution >= 4 is 23.7 Å². The third-order valence-corrected chi connectivity index (χ3v) is 2.76. The maximum atomic E-state index is 11.6. The number of amides is 1. The van der Waals surface area contributed by atoms with E-state index in [1.54, 1.807) is 26.8 Å². The molecule has 6 heteroatoms. The first-order chi connectivity index (χ1) is 8.23. The molecule has 0 saturated carbocycles. The molecule has 0 aliphatic heterocycles. The van der Waals surface area contributed by atoms with Crippen LogP contribution in [0.4, 0.5) is 4.79 Å². The summed E-state index contributed by atoms with van der Waals surface area (Å²) in [6.45, 7) is 5.33. The van der Waals surface area contributed by atoms with Crippen molar-refractivity contribution in [2.24, 2.45) is 0 Å². The van der Waals surface area contributed by atoms with E-state index in [9.17, 15) is 9.59 Å². The number of nitrogens with one attached hydrogen (secondary N) is 1. The first kappa shape index (κ1) is 14.8. The predicted molar refractivity (Wildman–Crippen MR) is 67.5 cm³/mol. The number of rotatable bonds is 2. The van der Waals surface area contributed by atoms with Gasteiger partial charge >= 0.3 is 12.1 Å². The topological polar surface area (TPSA) is 64.6 Å². The van der Waals surface area contributed by atoms with Gasteiger partial charge in [-0.25, -0.2) is 9.59 Å². The molecular weight excluding hydrogens is 258 g/mol. The summed E-state index contributed by atoms with van der Waals surface area (Å²) in [5, 5.41) is 2.20. The van der Waals surface area contributed by atoms with Crippen molar-refractivity contribution in [3.63, 3.8) is 0 Å². The number of esters is 1. The molecule has 0 saturated heterocycles. The van der Waals surface area contributed by atoms with Crippen LogP contribution < -0.4 is 5.32 Å². The summed E-state index contributed by atoms with van der Waals surface area (Å²) in [6.07, 6.45) is 1.40.